The zero-order valence-electron chi connectivity index (χ0n) is 13.1. The van der Waals surface area contributed by atoms with Crippen molar-refractivity contribution in [3.8, 4) is 5.82 Å². The summed E-state index contributed by atoms with van der Waals surface area (Å²) in [6.45, 7) is 2.07. The van der Waals surface area contributed by atoms with Gasteiger partial charge in [0.15, 0.2) is 5.82 Å². The summed E-state index contributed by atoms with van der Waals surface area (Å²) in [7, 11) is 0. The lowest BCUT2D eigenvalue weighted by atomic mass is 9.97. The number of rotatable bonds is 2. The maximum absolute atomic E-state index is 10.6. The first-order valence-electron chi connectivity index (χ1n) is 7.42. The van der Waals surface area contributed by atoms with Gasteiger partial charge in [-0.2, -0.15) is 13.2 Å². The van der Waals surface area contributed by atoms with Crippen molar-refractivity contribution in [2.45, 2.75) is 24.9 Å². The summed E-state index contributed by atoms with van der Waals surface area (Å²) in [6.07, 6.45) is 0.887. The first-order chi connectivity index (χ1) is 11.8. The number of hydrogen-bond acceptors (Lipinski definition) is 6. The third-order valence-electron chi connectivity index (χ3n) is 3.47. The van der Waals surface area contributed by atoms with Crippen molar-refractivity contribution in [2.24, 2.45) is 0 Å². The van der Waals surface area contributed by atoms with Crippen LogP contribution in [-0.4, -0.2) is 50.3 Å². The smallest absolute Gasteiger partial charge is 0.475 e. The Kier molecular flexibility index (Phi) is 5.91. The fraction of sp³-hybridized carbons (Fsp3) is 0.429. The van der Waals surface area contributed by atoms with E-state index in [1.807, 2.05) is 6.20 Å². The highest BCUT2D eigenvalue weighted by Gasteiger charge is 2.38. The number of nitrogens with zero attached hydrogens (tertiary/aromatic N) is 4. The SMILES string of the molecule is Nc1ccnc(-n2cc(C3CCCNC3)nn2)c1.O=C(O)C(F)(F)F. The van der Waals surface area contributed by atoms with Crippen LogP contribution in [0.25, 0.3) is 5.82 Å². The van der Waals surface area contributed by atoms with Gasteiger partial charge in [-0.3, -0.25) is 0 Å². The number of nitrogens with two attached hydrogens (primary N) is 1. The minimum absolute atomic E-state index is 0.452. The Morgan fingerprint density at radius 3 is 2.72 bits per heavy atom. The molecule has 1 aliphatic rings. The van der Waals surface area contributed by atoms with Gasteiger partial charge in [0.25, 0.3) is 0 Å². The molecule has 0 radical (unpaired) electrons. The fourth-order valence-electron chi connectivity index (χ4n) is 2.24. The maximum atomic E-state index is 10.6. The fourth-order valence-corrected chi connectivity index (χ4v) is 2.24. The molecule has 0 saturated carbocycles. The minimum atomic E-state index is -5.08. The van der Waals surface area contributed by atoms with E-state index in [1.165, 1.54) is 6.42 Å². The molecule has 2 aromatic heterocycles. The van der Waals surface area contributed by atoms with Crippen LogP contribution in [0.5, 0.6) is 0 Å². The predicted octanol–water partition coefficient (Wildman–Crippen LogP) is 1.34. The average molecular weight is 358 g/mol. The van der Waals surface area contributed by atoms with Crippen LogP contribution in [0.4, 0.5) is 18.9 Å². The number of halogens is 3. The Labute approximate surface area is 140 Å². The number of alkyl halides is 3. The molecule has 0 amide bonds. The number of carboxylic acid groups (broad SMARTS) is 1. The average Bonchev–Trinajstić information content (AvgIpc) is 3.05. The monoisotopic (exact) mass is 358 g/mol. The number of piperidine rings is 1. The molecule has 1 unspecified atom stereocenters. The molecule has 3 rings (SSSR count). The molecule has 0 aliphatic carbocycles. The molecule has 0 spiro atoms. The lowest BCUT2D eigenvalue weighted by molar-refractivity contribution is -0.192. The molecule has 11 heteroatoms. The molecule has 4 N–H and O–H groups in total. The lowest BCUT2D eigenvalue weighted by Gasteiger charge is -2.20. The highest BCUT2D eigenvalue weighted by Crippen LogP contribution is 2.21. The number of nitrogens with one attached hydrogen (secondary N) is 1. The van der Waals surface area contributed by atoms with Crippen molar-refractivity contribution in [3.05, 3.63) is 30.2 Å². The van der Waals surface area contributed by atoms with Crippen LogP contribution >= 0.6 is 0 Å². The Morgan fingerprint density at radius 2 is 2.16 bits per heavy atom. The first-order valence-corrected chi connectivity index (χ1v) is 7.42. The van der Waals surface area contributed by atoms with Crippen LogP contribution in [0.1, 0.15) is 24.5 Å². The number of aromatic nitrogens is 4. The molecule has 1 fully saturated rings. The van der Waals surface area contributed by atoms with E-state index in [4.69, 9.17) is 15.6 Å². The third kappa shape index (κ3) is 5.41. The second kappa shape index (κ2) is 7.92. The van der Waals surface area contributed by atoms with Gasteiger partial charge in [0.1, 0.15) is 0 Å². The molecule has 25 heavy (non-hydrogen) atoms. The minimum Gasteiger partial charge on any atom is -0.475 e. The van der Waals surface area contributed by atoms with Crippen LogP contribution in [0.15, 0.2) is 24.5 Å². The molecule has 1 aliphatic heterocycles. The van der Waals surface area contributed by atoms with Gasteiger partial charge in [0.2, 0.25) is 0 Å². The van der Waals surface area contributed by atoms with Crippen molar-refractivity contribution in [3.63, 3.8) is 0 Å². The summed E-state index contributed by atoms with van der Waals surface area (Å²) in [5.74, 6) is -1.60. The Bertz CT molecular complexity index is 713. The Hall–Kier alpha value is -2.69. The van der Waals surface area contributed by atoms with Crippen LogP contribution < -0.4 is 11.1 Å². The van der Waals surface area contributed by atoms with Gasteiger partial charge in [-0.25, -0.2) is 14.5 Å². The molecule has 3 heterocycles. The van der Waals surface area contributed by atoms with Crippen LogP contribution in [-0.2, 0) is 4.79 Å². The summed E-state index contributed by atoms with van der Waals surface area (Å²) in [4.78, 5) is 13.1. The van der Waals surface area contributed by atoms with Gasteiger partial charge in [-0.05, 0) is 25.5 Å². The molecule has 8 nitrogen and oxygen atoms in total. The van der Waals surface area contributed by atoms with Crippen molar-refractivity contribution in [2.75, 3.05) is 18.8 Å². The Morgan fingerprint density at radius 1 is 1.44 bits per heavy atom. The van der Waals surface area contributed by atoms with Gasteiger partial charge < -0.3 is 16.2 Å². The predicted molar refractivity (Wildman–Crippen MR) is 82.1 cm³/mol. The van der Waals surface area contributed by atoms with Crippen molar-refractivity contribution >= 4 is 11.7 Å². The van der Waals surface area contributed by atoms with Gasteiger partial charge in [-0.15, -0.1) is 5.10 Å². The van der Waals surface area contributed by atoms with Crippen LogP contribution in [0.3, 0.4) is 0 Å². The van der Waals surface area contributed by atoms with Gasteiger partial charge in [0, 0.05) is 30.4 Å². The standard InChI is InChI=1S/C12H16N6.C2HF3O2/c13-10-3-5-15-12(6-10)18-8-11(16-17-18)9-2-1-4-14-7-9;3-2(4,5)1(6)7/h3,5-6,8-9,14H,1-2,4,7H2,(H2,13,15);(H,6,7). The number of carboxylic acids is 1. The highest BCUT2D eigenvalue weighted by molar-refractivity contribution is 5.73. The van der Waals surface area contributed by atoms with E-state index in [9.17, 15) is 13.2 Å². The van der Waals surface area contributed by atoms with Crippen molar-refractivity contribution < 1.29 is 23.1 Å². The summed E-state index contributed by atoms with van der Waals surface area (Å²) in [5.41, 5.74) is 7.43. The number of anilines is 1. The maximum Gasteiger partial charge on any atom is 0.490 e. The number of carbonyl (C=O) groups is 1. The number of nitrogen functional groups attached to an aromatic ring is 1. The summed E-state index contributed by atoms with van der Waals surface area (Å²) in [5, 5.41) is 18.9. The van der Waals surface area contributed by atoms with E-state index in [1.54, 1.807) is 23.0 Å². The van der Waals surface area contributed by atoms with Gasteiger partial charge in [-0.1, -0.05) is 5.21 Å². The first kappa shape index (κ1) is 18.6. The Balaban J connectivity index is 0.000000277. The zero-order valence-corrected chi connectivity index (χ0v) is 13.1. The summed E-state index contributed by atoms with van der Waals surface area (Å²) >= 11 is 0. The van der Waals surface area contributed by atoms with Crippen LogP contribution in [0, 0.1) is 0 Å². The molecule has 1 atom stereocenters. The van der Waals surface area contributed by atoms with Crippen molar-refractivity contribution in [1.82, 2.24) is 25.3 Å². The number of hydrogen-bond donors (Lipinski definition) is 3. The van der Waals surface area contributed by atoms with Gasteiger partial charge >= 0.3 is 12.1 Å². The molecule has 2 aromatic rings. The third-order valence-corrected chi connectivity index (χ3v) is 3.47. The van der Waals surface area contributed by atoms with E-state index >= 15 is 0 Å². The quantitative estimate of drug-likeness (QED) is 0.741. The summed E-state index contributed by atoms with van der Waals surface area (Å²) < 4.78 is 33.4. The molecular weight excluding hydrogens is 341 g/mol. The topological polar surface area (TPSA) is 119 Å². The number of pyridine rings is 1. The molecular formula is C14H17F3N6O2. The van der Waals surface area contributed by atoms with Gasteiger partial charge in [0.05, 0.1) is 11.9 Å². The second-order valence-corrected chi connectivity index (χ2v) is 5.38. The largest absolute Gasteiger partial charge is 0.490 e. The van der Waals surface area contributed by atoms with E-state index in [0.717, 1.165) is 25.2 Å². The highest BCUT2D eigenvalue weighted by atomic mass is 19.4. The normalized spacial score (nSPS) is 17.5. The van der Waals surface area contributed by atoms with E-state index < -0.39 is 12.1 Å². The lowest BCUT2D eigenvalue weighted by Crippen LogP contribution is -2.28. The molecule has 0 bridgehead atoms. The summed E-state index contributed by atoms with van der Waals surface area (Å²) in [6, 6.07) is 3.55. The molecule has 0 aromatic carbocycles. The zero-order chi connectivity index (χ0) is 18.4. The van der Waals surface area contributed by atoms with E-state index in [-0.39, 0.29) is 0 Å². The molecule has 1 saturated heterocycles. The molecule has 136 valence electrons. The van der Waals surface area contributed by atoms with Crippen LogP contribution in [0.2, 0.25) is 0 Å². The van der Waals surface area contributed by atoms with E-state index in [2.05, 4.69) is 20.6 Å². The van der Waals surface area contributed by atoms with E-state index in [0.29, 0.717) is 17.4 Å². The second-order valence-electron chi connectivity index (χ2n) is 5.38. The number of aliphatic carboxylic acids is 1. The van der Waals surface area contributed by atoms with Crippen molar-refractivity contribution in [1.29, 1.82) is 0 Å².